The van der Waals surface area contributed by atoms with Crippen molar-refractivity contribution in [1.82, 2.24) is 9.88 Å². The summed E-state index contributed by atoms with van der Waals surface area (Å²) in [5, 5.41) is 9.12. The largest absolute Gasteiger partial charge is 0.480 e. The molecule has 1 amide bonds. The predicted molar refractivity (Wildman–Crippen MR) is 59.6 cm³/mol. The Labute approximate surface area is 98.0 Å². The van der Waals surface area contributed by atoms with Crippen molar-refractivity contribution in [1.29, 1.82) is 0 Å². The third-order valence-corrected chi connectivity index (χ3v) is 2.29. The molecule has 1 aromatic rings. The Balaban J connectivity index is 2.87. The molecule has 0 aromatic carbocycles. The zero-order valence-electron chi connectivity index (χ0n) is 9.03. The van der Waals surface area contributed by atoms with Crippen molar-refractivity contribution in [3.8, 4) is 0 Å². The maximum absolute atomic E-state index is 11.9. The lowest BCUT2D eigenvalue weighted by molar-refractivity contribution is -0.138. The van der Waals surface area contributed by atoms with Crippen LogP contribution in [0.3, 0.4) is 0 Å². The fraction of sp³-hybridized carbons (Fsp3) is 0.400. The molecule has 0 bridgehead atoms. The summed E-state index contributed by atoms with van der Waals surface area (Å²) < 4.78 is 0. The second kappa shape index (κ2) is 5.03. The van der Waals surface area contributed by atoms with Crippen LogP contribution in [0, 0.1) is 0 Å². The molecule has 2 N–H and O–H groups in total. The van der Waals surface area contributed by atoms with Crippen LogP contribution in [0.15, 0.2) is 12.3 Å². The third kappa shape index (κ3) is 3.00. The molecule has 1 aromatic heterocycles. The van der Waals surface area contributed by atoms with Crippen molar-refractivity contribution in [2.24, 2.45) is 0 Å². The monoisotopic (exact) mass is 244 g/mol. The standard InChI is InChI=1S/C10H13ClN2O3/c1-6(2)13(5-9(14)15)10(16)8-3-7(11)4-12-8/h3-4,6,12H,5H2,1-2H3,(H,14,15). The van der Waals surface area contributed by atoms with Gasteiger partial charge in [-0.2, -0.15) is 0 Å². The van der Waals surface area contributed by atoms with Crippen molar-refractivity contribution in [3.63, 3.8) is 0 Å². The minimum absolute atomic E-state index is 0.189. The average Bonchev–Trinajstić information content (AvgIpc) is 2.59. The first-order chi connectivity index (χ1) is 7.41. The number of amides is 1. The number of carbonyl (C=O) groups is 2. The molecule has 0 fully saturated rings. The highest BCUT2D eigenvalue weighted by Gasteiger charge is 2.22. The fourth-order valence-corrected chi connectivity index (χ4v) is 1.44. The Bertz CT molecular complexity index is 401. The Hall–Kier alpha value is -1.49. The van der Waals surface area contributed by atoms with Gasteiger partial charge in [0.1, 0.15) is 12.2 Å². The Morgan fingerprint density at radius 1 is 1.56 bits per heavy atom. The molecule has 0 aliphatic rings. The number of H-pyrrole nitrogens is 1. The van der Waals surface area contributed by atoms with Gasteiger partial charge in [0.25, 0.3) is 5.91 Å². The number of nitrogens with one attached hydrogen (secondary N) is 1. The molecule has 16 heavy (non-hydrogen) atoms. The van der Waals surface area contributed by atoms with Gasteiger partial charge in [0, 0.05) is 12.2 Å². The molecule has 0 radical (unpaired) electrons. The number of aromatic amines is 1. The quantitative estimate of drug-likeness (QED) is 0.845. The van der Waals surface area contributed by atoms with Crippen LogP contribution in [0.4, 0.5) is 0 Å². The summed E-state index contributed by atoms with van der Waals surface area (Å²) in [7, 11) is 0. The van der Waals surface area contributed by atoms with Crippen molar-refractivity contribution in [2.45, 2.75) is 19.9 Å². The molecule has 0 aliphatic carbocycles. The number of aromatic nitrogens is 1. The van der Waals surface area contributed by atoms with E-state index in [1.165, 1.54) is 17.2 Å². The van der Waals surface area contributed by atoms with Crippen LogP contribution in [0.1, 0.15) is 24.3 Å². The van der Waals surface area contributed by atoms with Gasteiger partial charge in [-0.1, -0.05) is 11.6 Å². The summed E-state index contributed by atoms with van der Waals surface area (Å²) >= 11 is 5.68. The highest BCUT2D eigenvalue weighted by molar-refractivity contribution is 6.30. The molecule has 1 rings (SSSR count). The van der Waals surface area contributed by atoms with E-state index in [1.54, 1.807) is 13.8 Å². The van der Waals surface area contributed by atoms with Gasteiger partial charge in [-0.05, 0) is 19.9 Å². The molecular weight excluding hydrogens is 232 g/mol. The van der Waals surface area contributed by atoms with Crippen LogP contribution < -0.4 is 0 Å². The lowest BCUT2D eigenvalue weighted by atomic mass is 10.2. The van der Waals surface area contributed by atoms with Gasteiger partial charge in [0.05, 0.1) is 5.02 Å². The van der Waals surface area contributed by atoms with Gasteiger partial charge in [-0.25, -0.2) is 0 Å². The minimum atomic E-state index is -1.04. The second-order valence-corrected chi connectivity index (χ2v) is 4.09. The molecule has 5 nitrogen and oxygen atoms in total. The summed E-state index contributed by atoms with van der Waals surface area (Å²) in [5.74, 6) is -1.41. The van der Waals surface area contributed by atoms with E-state index in [9.17, 15) is 9.59 Å². The van der Waals surface area contributed by atoms with Crippen LogP contribution >= 0.6 is 11.6 Å². The molecule has 0 spiro atoms. The molecule has 0 saturated carbocycles. The first kappa shape index (κ1) is 12.6. The first-order valence-corrected chi connectivity index (χ1v) is 5.16. The fourth-order valence-electron chi connectivity index (χ4n) is 1.28. The minimum Gasteiger partial charge on any atom is -0.480 e. The van der Waals surface area contributed by atoms with Crippen LogP contribution in [-0.2, 0) is 4.79 Å². The Kier molecular flexibility index (Phi) is 3.95. The topological polar surface area (TPSA) is 73.4 Å². The van der Waals surface area contributed by atoms with E-state index in [4.69, 9.17) is 16.7 Å². The van der Waals surface area contributed by atoms with Crippen LogP contribution in [-0.4, -0.2) is 39.5 Å². The molecule has 6 heteroatoms. The number of halogens is 1. The lowest BCUT2D eigenvalue weighted by Crippen LogP contribution is -2.40. The zero-order valence-corrected chi connectivity index (χ0v) is 9.78. The van der Waals surface area contributed by atoms with Crippen LogP contribution in [0.25, 0.3) is 0 Å². The van der Waals surface area contributed by atoms with E-state index in [1.807, 2.05) is 0 Å². The first-order valence-electron chi connectivity index (χ1n) is 4.78. The molecule has 0 saturated heterocycles. The van der Waals surface area contributed by atoms with E-state index in [0.29, 0.717) is 10.7 Å². The highest BCUT2D eigenvalue weighted by Crippen LogP contribution is 2.13. The van der Waals surface area contributed by atoms with Gasteiger partial charge >= 0.3 is 5.97 Å². The van der Waals surface area contributed by atoms with Gasteiger partial charge < -0.3 is 15.0 Å². The number of carboxylic acid groups (broad SMARTS) is 1. The van der Waals surface area contributed by atoms with E-state index in [-0.39, 0.29) is 18.5 Å². The van der Waals surface area contributed by atoms with Crippen molar-refractivity contribution in [3.05, 3.63) is 23.0 Å². The number of hydrogen-bond donors (Lipinski definition) is 2. The zero-order chi connectivity index (χ0) is 12.3. The highest BCUT2D eigenvalue weighted by atomic mass is 35.5. The van der Waals surface area contributed by atoms with E-state index < -0.39 is 5.97 Å². The molecule has 0 unspecified atom stereocenters. The van der Waals surface area contributed by atoms with Crippen molar-refractivity contribution < 1.29 is 14.7 Å². The Morgan fingerprint density at radius 3 is 2.56 bits per heavy atom. The summed E-state index contributed by atoms with van der Waals surface area (Å²) in [4.78, 5) is 26.5. The van der Waals surface area contributed by atoms with Crippen LogP contribution in [0.2, 0.25) is 5.02 Å². The van der Waals surface area contributed by atoms with Crippen LogP contribution in [0.5, 0.6) is 0 Å². The van der Waals surface area contributed by atoms with Gasteiger partial charge in [0.2, 0.25) is 0 Å². The predicted octanol–water partition coefficient (Wildman–Crippen LogP) is 1.60. The van der Waals surface area contributed by atoms with E-state index in [2.05, 4.69) is 4.98 Å². The third-order valence-electron chi connectivity index (χ3n) is 2.07. The molecule has 0 aliphatic heterocycles. The molecule has 88 valence electrons. The summed E-state index contributed by atoms with van der Waals surface area (Å²) in [6, 6.07) is 1.28. The van der Waals surface area contributed by atoms with E-state index >= 15 is 0 Å². The lowest BCUT2D eigenvalue weighted by Gasteiger charge is -2.24. The van der Waals surface area contributed by atoms with Gasteiger partial charge in [-0.3, -0.25) is 9.59 Å². The van der Waals surface area contributed by atoms with Gasteiger partial charge in [-0.15, -0.1) is 0 Å². The number of carbonyl (C=O) groups excluding carboxylic acids is 1. The summed E-state index contributed by atoms with van der Waals surface area (Å²) in [6.07, 6.45) is 1.48. The second-order valence-electron chi connectivity index (χ2n) is 3.65. The number of nitrogens with zero attached hydrogens (tertiary/aromatic N) is 1. The maximum Gasteiger partial charge on any atom is 0.323 e. The molecule has 0 atom stereocenters. The number of aliphatic carboxylic acids is 1. The van der Waals surface area contributed by atoms with E-state index in [0.717, 1.165) is 0 Å². The molecule has 1 heterocycles. The van der Waals surface area contributed by atoms with Gasteiger partial charge in [0.15, 0.2) is 0 Å². The SMILES string of the molecule is CC(C)N(CC(=O)O)C(=O)c1cc(Cl)c[nH]1. The average molecular weight is 245 g/mol. The molecular formula is C10H13ClN2O3. The number of rotatable bonds is 4. The maximum atomic E-state index is 11.9. The smallest absolute Gasteiger partial charge is 0.323 e. The number of carboxylic acids is 1. The summed E-state index contributed by atoms with van der Waals surface area (Å²) in [6.45, 7) is 3.18. The van der Waals surface area contributed by atoms with Crippen molar-refractivity contribution >= 4 is 23.5 Å². The number of hydrogen-bond acceptors (Lipinski definition) is 2. The normalized spacial score (nSPS) is 10.5. The Morgan fingerprint density at radius 2 is 2.19 bits per heavy atom. The van der Waals surface area contributed by atoms with Crippen molar-refractivity contribution in [2.75, 3.05) is 6.54 Å². The summed E-state index contributed by atoms with van der Waals surface area (Å²) in [5.41, 5.74) is 0.292.